The maximum absolute atomic E-state index is 5.43. The summed E-state index contributed by atoms with van der Waals surface area (Å²) in [7, 11) is 0. The number of nitrogens with one attached hydrogen (secondary N) is 1. The van der Waals surface area contributed by atoms with Gasteiger partial charge in [-0.1, -0.05) is 0 Å². The van der Waals surface area contributed by atoms with Crippen molar-refractivity contribution in [1.82, 2.24) is 4.98 Å². The molecule has 3 nitrogen and oxygen atoms in total. The smallest absolute Gasteiger partial charge is 0.0541 e. The van der Waals surface area contributed by atoms with Crippen LogP contribution in [0.1, 0.15) is 18.5 Å². The molecule has 1 aromatic heterocycles. The summed E-state index contributed by atoms with van der Waals surface area (Å²) in [5.41, 5.74) is 7.48. The van der Waals surface area contributed by atoms with E-state index in [4.69, 9.17) is 5.73 Å². The summed E-state index contributed by atoms with van der Waals surface area (Å²) in [6, 6.07) is 4.69. The number of rotatable bonds is 3. The molecule has 3 N–H and O–H groups in total. The van der Waals surface area contributed by atoms with E-state index in [9.17, 15) is 0 Å². The zero-order valence-electron chi connectivity index (χ0n) is 6.96. The minimum Gasteiger partial charge on any atom is -0.381 e. The van der Waals surface area contributed by atoms with Crippen molar-refractivity contribution in [1.29, 1.82) is 0 Å². The van der Waals surface area contributed by atoms with Gasteiger partial charge in [0, 0.05) is 12.6 Å². The highest BCUT2D eigenvalue weighted by atomic mass is 15.0. The Balaban J connectivity index is 2.02. The van der Waals surface area contributed by atoms with Crippen molar-refractivity contribution >= 4 is 5.69 Å². The molecular weight excluding hydrogens is 150 g/mol. The van der Waals surface area contributed by atoms with Crippen molar-refractivity contribution in [3.63, 3.8) is 0 Å². The van der Waals surface area contributed by atoms with Crippen molar-refractivity contribution in [2.45, 2.75) is 25.4 Å². The van der Waals surface area contributed by atoms with Crippen molar-refractivity contribution in [3.05, 3.63) is 24.0 Å². The van der Waals surface area contributed by atoms with Crippen LogP contribution < -0.4 is 11.1 Å². The average Bonchev–Trinajstić information content (AvgIpc) is 2.90. The van der Waals surface area contributed by atoms with Gasteiger partial charge in [0.2, 0.25) is 0 Å². The zero-order valence-corrected chi connectivity index (χ0v) is 6.96. The lowest BCUT2D eigenvalue weighted by Crippen LogP contribution is -2.03. The monoisotopic (exact) mass is 163 g/mol. The van der Waals surface area contributed by atoms with Gasteiger partial charge in [0.15, 0.2) is 0 Å². The summed E-state index contributed by atoms with van der Waals surface area (Å²) >= 11 is 0. The molecule has 12 heavy (non-hydrogen) atoms. The van der Waals surface area contributed by atoms with Crippen molar-refractivity contribution in [2.24, 2.45) is 5.73 Å². The van der Waals surface area contributed by atoms with Crippen molar-refractivity contribution in [2.75, 3.05) is 5.32 Å². The highest BCUT2D eigenvalue weighted by Crippen LogP contribution is 2.23. The Bertz CT molecular complexity index is 251. The number of nitrogens with zero attached hydrogens (tertiary/aromatic N) is 1. The number of anilines is 1. The van der Waals surface area contributed by atoms with Crippen molar-refractivity contribution < 1.29 is 0 Å². The average molecular weight is 163 g/mol. The molecule has 0 amide bonds. The number of nitrogens with two attached hydrogens (primary N) is 1. The van der Waals surface area contributed by atoms with E-state index in [1.165, 1.54) is 12.8 Å². The standard InChI is InChI=1S/C9H13N3/c10-5-8-3-4-9(6-11-8)12-7-1-2-7/h3-4,6-7,12H,1-2,5,10H2. The Morgan fingerprint density at radius 2 is 2.33 bits per heavy atom. The molecule has 0 aliphatic heterocycles. The highest BCUT2D eigenvalue weighted by molar-refractivity contribution is 5.43. The maximum atomic E-state index is 5.43. The molecular formula is C9H13N3. The fourth-order valence-corrected chi connectivity index (χ4v) is 1.09. The van der Waals surface area contributed by atoms with E-state index in [0.29, 0.717) is 12.6 Å². The van der Waals surface area contributed by atoms with Gasteiger partial charge in [-0.15, -0.1) is 0 Å². The number of hydrogen-bond donors (Lipinski definition) is 2. The van der Waals surface area contributed by atoms with Crippen LogP contribution in [0.15, 0.2) is 18.3 Å². The summed E-state index contributed by atoms with van der Waals surface area (Å²) < 4.78 is 0. The Kier molecular flexibility index (Phi) is 1.96. The zero-order chi connectivity index (χ0) is 8.39. The molecule has 1 heterocycles. The minimum atomic E-state index is 0.518. The summed E-state index contributed by atoms with van der Waals surface area (Å²) in [4.78, 5) is 4.19. The first kappa shape index (κ1) is 7.55. The first-order valence-corrected chi connectivity index (χ1v) is 4.30. The van der Waals surface area contributed by atoms with Crippen LogP contribution >= 0.6 is 0 Å². The lowest BCUT2D eigenvalue weighted by molar-refractivity contribution is 0.987. The van der Waals surface area contributed by atoms with Gasteiger partial charge in [-0.05, 0) is 25.0 Å². The normalized spacial score (nSPS) is 16.1. The van der Waals surface area contributed by atoms with Crippen LogP contribution in [0, 0.1) is 0 Å². The van der Waals surface area contributed by atoms with Gasteiger partial charge in [-0.2, -0.15) is 0 Å². The quantitative estimate of drug-likeness (QED) is 0.702. The molecule has 1 aliphatic rings. The molecule has 0 unspecified atom stereocenters. The predicted molar refractivity (Wildman–Crippen MR) is 48.8 cm³/mol. The van der Waals surface area contributed by atoms with E-state index in [1.807, 2.05) is 18.3 Å². The summed E-state index contributed by atoms with van der Waals surface area (Å²) in [6.07, 6.45) is 4.43. The third-order valence-corrected chi connectivity index (χ3v) is 1.98. The second-order valence-corrected chi connectivity index (χ2v) is 3.16. The number of aromatic nitrogens is 1. The molecule has 3 heteroatoms. The largest absolute Gasteiger partial charge is 0.381 e. The highest BCUT2D eigenvalue weighted by Gasteiger charge is 2.20. The number of hydrogen-bond acceptors (Lipinski definition) is 3. The molecule has 1 saturated carbocycles. The molecule has 0 aromatic carbocycles. The predicted octanol–water partition coefficient (Wildman–Crippen LogP) is 1.11. The molecule has 2 rings (SSSR count). The molecule has 0 bridgehead atoms. The fourth-order valence-electron chi connectivity index (χ4n) is 1.09. The molecule has 0 radical (unpaired) electrons. The summed E-state index contributed by atoms with van der Waals surface area (Å²) in [5, 5.41) is 3.36. The Morgan fingerprint density at radius 1 is 1.50 bits per heavy atom. The van der Waals surface area contributed by atoms with Crippen LogP contribution in [-0.4, -0.2) is 11.0 Å². The van der Waals surface area contributed by atoms with Gasteiger partial charge in [0.1, 0.15) is 0 Å². The minimum absolute atomic E-state index is 0.518. The van der Waals surface area contributed by atoms with E-state index in [0.717, 1.165) is 11.4 Å². The number of pyridine rings is 1. The fraction of sp³-hybridized carbons (Fsp3) is 0.444. The second kappa shape index (κ2) is 3.11. The van der Waals surface area contributed by atoms with E-state index in [1.54, 1.807) is 0 Å². The molecule has 1 aliphatic carbocycles. The SMILES string of the molecule is NCc1ccc(NC2CC2)cn1. The maximum Gasteiger partial charge on any atom is 0.0541 e. The van der Waals surface area contributed by atoms with E-state index in [2.05, 4.69) is 10.3 Å². The van der Waals surface area contributed by atoms with Gasteiger partial charge in [-0.3, -0.25) is 4.98 Å². The van der Waals surface area contributed by atoms with Crippen LogP contribution in [0.2, 0.25) is 0 Å². The van der Waals surface area contributed by atoms with Gasteiger partial charge in [0.25, 0.3) is 0 Å². The lowest BCUT2D eigenvalue weighted by Gasteiger charge is -2.03. The Hall–Kier alpha value is -1.09. The van der Waals surface area contributed by atoms with E-state index >= 15 is 0 Å². The molecule has 0 saturated heterocycles. The van der Waals surface area contributed by atoms with E-state index in [-0.39, 0.29) is 0 Å². The van der Waals surface area contributed by atoms with Crippen LogP contribution in [-0.2, 0) is 6.54 Å². The first-order valence-electron chi connectivity index (χ1n) is 4.30. The molecule has 0 atom stereocenters. The van der Waals surface area contributed by atoms with Crippen LogP contribution in [0.3, 0.4) is 0 Å². The molecule has 1 fully saturated rings. The third kappa shape index (κ3) is 1.74. The van der Waals surface area contributed by atoms with Crippen molar-refractivity contribution in [3.8, 4) is 0 Å². The van der Waals surface area contributed by atoms with Gasteiger partial charge < -0.3 is 11.1 Å². The molecule has 1 aromatic rings. The van der Waals surface area contributed by atoms with Gasteiger partial charge >= 0.3 is 0 Å². The second-order valence-electron chi connectivity index (χ2n) is 3.16. The van der Waals surface area contributed by atoms with Crippen LogP contribution in [0.5, 0.6) is 0 Å². The van der Waals surface area contributed by atoms with Gasteiger partial charge in [0.05, 0.1) is 17.6 Å². The topological polar surface area (TPSA) is 50.9 Å². The lowest BCUT2D eigenvalue weighted by atomic mass is 10.3. The Labute approximate surface area is 72.0 Å². The van der Waals surface area contributed by atoms with E-state index < -0.39 is 0 Å². The third-order valence-electron chi connectivity index (χ3n) is 1.98. The first-order chi connectivity index (χ1) is 5.88. The Morgan fingerprint density at radius 3 is 2.83 bits per heavy atom. The van der Waals surface area contributed by atoms with Crippen LogP contribution in [0.4, 0.5) is 5.69 Å². The molecule has 64 valence electrons. The summed E-state index contributed by atoms with van der Waals surface area (Å²) in [5.74, 6) is 0. The van der Waals surface area contributed by atoms with Gasteiger partial charge in [-0.25, -0.2) is 0 Å². The summed E-state index contributed by atoms with van der Waals surface area (Å²) in [6.45, 7) is 0.518. The van der Waals surface area contributed by atoms with Crippen LogP contribution in [0.25, 0.3) is 0 Å². The molecule has 0 spiro atoms.